The highest BCUT2D eigenvalue weighted by molar-refractivity contribution is 7.88. The Bertz CT molecular complexity index is 570. The second-order valence-electron chi connectivity index (χ2n) is 5.38. The maximum absolute atomic E-state index is 11.8. The summed E-state index contributed by atoms with van der Waals surface area (Å²) >= 11 is 0. The fourth-order valence-corrected chi connectivity index (χ4v) is 2.98. The molecule has 6 nitrogen and oxygen atoms in total. The lowest BCUT2D eigenvalue weighted by molar-refractivity contribution is -0.127. The Morgan fingerprint density at radius 1 is 1.48 bits per heavy atom. The molecule has 0 unspecified atom stereocenters. The van der Waals surface area contributed by atoms with Gasteiger partial charge >= 0.3 is 0 Å². The molecule has 0 aromatic carbocycles. The first kappa shape index (κ1) is 15.9. The van der Waals surface area contributed by atoms with Crippen LogP contribution < -0.4 is 5.32 Å². The van der Waals surface area contributed by atoms with E-state index in [1.165, 1.54) is 10.6 Å². The summed E-state index contributed by atoms with van der Waals surface area (Å²) in [5.41, 5.74) is 0.827. The molecule has 0 saturated heterocycles. The minimum atomic E-state index is -3.32. The zero-order chi connectivity index (χ0) is 15.3. The third-order valence-corrected chi connectivity index (χ3v) is 4.94. The summed E-state index contributed by atoms with van der Waals surface area (Å²) in [6.07, 6.45) is 7.46. The second-order valence-corrected chi connectivity index (χ2v) is 7.36. The van der Waals surface area contributed by atoms with Crippen molar-refractivity contribution < 1.29 is 13.2 Å². The van der Waals surface area contributed by atoms with Crippen molar-refractivity contribution in [3.63, 3.8) is 0 Å². The number of rotatable bonds is 7. The summed E-state index contributed by atoms with van der Waals surface area (Å²) in [7, 11) is -3.32. The van der Waals surface area contributed by atoms with Crippen LogP contribution in [0.25, 0.3) is 0 Å². The van der Waals surface area contributed by atoms with E-state index in [-0.39, 0.29) is 24.9 Å². The average Bonchev–Trinajstić information content (AvgIpc) is 2.35. The molecule has 2 rings (SSSR count). The van der Waals surface area contributed by atoms with Gasteiger partial charge in [0.1, 0.15) is 0 Å². The van der Waals surface area contributed by atoms with Crippen molar-refractivity contribution in [1.82, 2.24) is 14.6 Å². The molecule has 116 valence electrons. The minimum Gasteiger partial charge on any atom is -0.355 e. The number of amides is 1. The van der Waals surface area contributed by atoms with Crippen LogP contribution in [0.1, 0.15) is 24.8 Å². The summed E-state index contributed by atoms with van der Waals surface area (Å²) < 4.78 is 25.0. The van der Waals surface area contributed by atoms with Gasteiger partial charge in [0.25, 0.3) is 0 Å². The van der Waals surface area contributed by atoms with Crippen molar-refractivity contribution >= 4 is 15.9 Å². The van der Waals surface area contributed by atoms with E-state index in [4.69, 9.17) is 0 Å². The molecule has 1 N–H and O–H groups in total. The molecule has 1 fully saturated rings. The maximum atomic E-state index is 11.8. The van der Waals surface area contributed by atoms with E-state index in [2.05, 4.69) is 10.3 Å². The summed E-state index contributed by atoms with van der Waals surface area (Å²) in [6.45, 7) is 0.876. The van der Waals surface area contributed by atoms with Crippen LogP contribution in [0.5, 0.6) is 0 Å². The fraction of sp³-hybridized carbons (Fsp3) is 0.571. The number of carbonyl (C=O) groups excluding carboxylic acids is 1. The third-order valence-electron chi connectivity index (χ3n) is 3.69. The second kappa shape index (κ2) is 7.00. The molecule has 1 amide bonds. The smallest absolute Gasteiger partial charge is 0.223 e. The Morgan fingerprint density at radius 3 is 2.76 bits per heavy atom. The molecule has 0 radical (unpaired) electrons. The monoisotopic (exact) mass is 311 g/mol. The van der Waals surface area contributed by atoms with Crippen LogP contribution in [-0.2, 0) is 21.4 Å². The van der Waals surface area contributed by atoms with Crippen LogP contribution in [-0.4, -0.2) is 43.0 Å². The highest BCUT2D eigenvalue weighted by atomic mass is 32.2. The van der Waals surface area contributed by atoms with Gasteiger partial charge in [-0.15, -0.1) is 0 Å². The van der Waals surface area contributed by atoms with Gasteiger partial charge in [0.2, 0.25) is 15.9 Å². The fourth-order valence-electron chi connectivity index (χ4n) is 2.18. The quantitative estimate of drug-likeness (QED) is 0.806. The topological polar surface area (TPSA) is 79.4 Å². The van der Waals surface area contributed by atoms with Crippen LogP contribution in [0.15, 0.2) is 24.5 Å². The van der Waals surface area contributed by atoms with Gasteiger partial charge in [0.15, 0.2) is 0 Å². The van der Waals surface area contributed by atoms with Gasteiger partial charge < -0.3 is 5.32 Å². The van der Waals surface area contributed by atoms with E-state index in [1.54, 1.807) is 18.5 Å². The lowest BCUT2D eigenvalue weighted by Gasteiger charge is -2.25. The molecule has 1 aliphatic rings. The summed E-state index contributed by atoms with van der Waals surface area (Å²) in [6, 6.07) is 3.60. The lowest BCUT2D eigenvalue weighted by Crippen LogP contribution is -2.40. The van der Waals surface area contributed by atoms with Gasteiger partial charge in [-0.1, -0.05) is 12.5 Å². The van der Waals surface area contributed by atoms with Gasteiger partial charge in [-0.3, -0.25) is 9.78 Å². The Morgan fingerprint density at radius 2 is 2.24 bits per heavy atom. The van der Waals surface area contributed by atoms with Crippen molar-refractivity contribution in [2.24, 2.45) is 5.92 Å². The zero-order valence-corrected chi connectivity index (χ0v) is 13.0. The molecule has 1 saturated carbocycles. The average molecular weight is 311 g/mol. The number of aromatic nitrogens is 1. The highest BCUT2D eigenvalue weighted by Gasteiger charge is 2.25. The SMILES string of the molecule is CS(=O)(=O)N(CCNC(=O)C1CCC1)Cc1cccnc1. The van der Waals surface area contributed by atoms with Crippen molar-refractivity contribution in [1.29, 1.82) is 0 Å². The molecular formula is C14H21N3O3S. The molecule has 0 atom stereocenters. The predicted molar refractivity (Wildman–Crippen MR) is 79.8 cm³/mol. The molecule has 21 heavy (non-hydrogen) atoms. The normalized spacial score (nSPS) is 15.7. The molecule has 0 spiro atoms. The molecule has 1 aromatic rings. The zero-order valence-electron chi connectivity index (χ0n) is 12.2. The molecule has 1 heterocycles. The first-order valence-corrected chi connectivity index (χ1v) is 8.93. The molecule has 1 aromatic heterocycles. The standard InChI is InChI=1S/C14H21N3O3S/c1-21(19,20)17(11-12-4-3-7-15-10-12)9-8-16-14(18)13-5-2-6-13/h3-4,7,10,13H,2,5-6,8-9,11H2,1H3,(H,16,18). The van der Waals surface area contributed by atoms with Crippen molar-refractivity contribution in [3.8, 4) is 0 Å². The van der Waals surface area contributed by atoms with Crippen molar-refractivity contribution in [2.45, 2.75) is 25.8 Å². The van der Waals surface area contributed by atoms with E-state index >= 15 is 0 Å². The van der Waals surface area contributed by atoms with Gasteiger partial charge in [-0.2, -0.15) is 4.31 Å². The first-order valence-electron chi connectivity index (χ1n) is 7.08. The van der Waals surface area contributed by atoms with Gasteiger partial charge in [-0.05, 0) is 24.5 Å². The number of nitrogens with zero attached hydrogens (tertiary/aromatic N) is 2. The highest BCUT2D eigenvalue weighted by Crippen LogP contribution is 2.26. The predicted octanol–water partition coefficient (Wildman–Crippen LogP) is 0.759. The number of hydrogen-bond acceptors (Lipinski definition) is 4. The number of pyridine rings is 1. The van der Waals surface area contributed by atoms with Gasteiger partial charge in [0, 0.05) is 37.9 Å². The van der Waals surface area contributed by atoms with E-state index < -0.39 is 10.0 Å². The number of carbonyl (C=O) groups is 1. The summed E-state index contributed by atoms with van der Waals surface area (Å²) in [5.74, 6) is 0.158. The Balaban J connectivity index is 1.86. The van der Waals surface area contributed by atoms with Crippen LogP contribution in [0, 0.1) is 5.92 Å². The van der Waals surface area contributed by atoms with Crippen LogP contribution in [0.2, 0.25) is 0 Å². The third kappa shape index (κ3) is 4.78. The molecular weight excluding hydrogens is 290 g/mol. The number of nitrogens with one attached hydrogen (secondary N) is 1. The van der Waals surface area contributed by atoms with Crippen molar-refractivity contribution in [2.75, 3.05) is 19.3 Å². The van der Waals surface area contributed by atoms with Crippen LogP contribution in [0.3, 0.4) is 0 Å². The molecule has 0 bridgehead atoms. The maximum Gasteiger partial charge on any atom is 0.223 e. The Kier molecular flexibility index (Phi) is 5.30. The van der Waals surface area contributed by atoms with Gasteiger partial charge in [-0.25, -0.2) is 8.42 Å². The van der Waals surface area contributed by atoms with E-state index in [0.29, 0.717) is 6.54 Å². The summed E-state index contributed by atoms with van der Waals surface area (Å²) in [5, 5.41) is 2.81. The van der Waals surface area contributed by atoms with Gasteiger partial charge in [0.05, 0.1) is 6.26 Å². The lowest BCUT2D eigenvalue weighted by atomic mass is 9.85. The molecule has 1 aliphatic carbocycles. The van der Waals surface area contributed by atoms with Crippen molar-refractivity contribution in [3.05, 3.63) is 30.1 Å². The number of sulfonamides is 1. The van der Waals surface area contributed by atoms with Crippen LogP contribution in [0.4, 0.5) is 0 Å². The van der Waals surface area contributed by atoms with E-state index in [1.807, 2.05) is 6.07 Å². The van der Waals surface area contributed by atoms with E-state index in [0.717, 1.165) is 24.8 Å². The van der Waals surface area contributed by atoms with Crippen LogP contribution >= 0.6 is 0 Å². The largest absolute Gasteiger partial charge is 0.355 e. The number of hydrogen-bond donors (Lipinski definition) is 1. The molecule has 0 aliphatic heterocycles. The minimum absolute atomic E-state index is 0.0380. The Labute approximate surface area is 125 Å². The first-order chi connectivity index (χ1) is 9.97. The summed E-state index contributed by atoms with van der Waals surface area (Å²) in [4.78, 5) is 15.7. The Hall–Kier alpha value is -1.47. The van der Waals surface area contributed by atoms with E-state index in [9.17, 15) is 13.2 Å². The molecule has 7 heteroatoms.